The molecule has 1 amide bonds. The van der Waals surface area contributed by atoms with E-state index in [1.807, 2.05) is 66.4 Å². The monoisotopic (exact) mass is 395 g/mol. The van der Waals surface area contributed by atoms with Crippen molar-refractivity contribution >= 4 is 17.5 Å². The normalized spacial score (nSPS) is 10.9. The van der Waals surface area contributed by atoms with Crippen molar-refractivity contribution in [3.05, 3.63) is 70.9 Å². The van der Waals surface area contributed by atoms with Crippen LogP contribution in [0.15, 0.2) is 54.6 Å². The van der Waals surface area contributed by atoms with Gasteiger partial charge in [-0.1, -0.05) is 61.3 Å². The molecule has 3 aromatic rings. The Bertz CT molecular complexity index is 941. The number of amides is 1. The zero-order valence-electron chi connectivity index (χ0n) is 16.7. The number of rotatable bonds is 7. The highest BCUT2D eigenvalue weighted by molar-refractivity contribution is 6.33. The predicted octanol–water partition coefficient (Wildman–Crippen LogP) is 5.76. The van der Waals surface area contributed by atoms with Gasteiger partial charge in [0, 0.05) is 18.7 Å². The lowest BCUT2D eigenvalue weighted by Crippen LogP contribution is -2.33. The molecule has 2 aromatic carbocycles. The van der Waals surface area contributed by atoms with E-state index in [9.17, 15) is 4.79 Å². The number of hydrogen-bond donors (Lipinski definition) is 0. The molecule has 146 valence electrons. The van der Waals surface area contributed by atoms with Crippen LogP contribution in [0.5, 0.6) is 0 Å². The molecule has 0 bridgehead atoms. The molecule has 1 heterocycles. The van der Waals surface area contributed by atoms with E-state index in [2.05, 4.69) is 13.8 Å². The third-order valence-electron chi connectivity index (χ3n) is 4.63. The molecule has 0 aliphatic rings. The Morgan fingerprint density at radius 2 is 1.68 bits per heavy atom. The van der Waals surface area contributed by atoms with Gasteiger partial charge in [0.05, 0.1) is 16.4 Å². The standard InChI is InChI=1S/C23H26ClN3O/c1-4-14-26(15-5-2)23(28)22-16-21(19-8-6-7-9-20(19)24)25-27(22)18-12-10-17(3)11-13-18/h6-13,16H,4-5,14-15H2,1-3H3. The minimum absolute atomic E-state index is 0.00456. The summed E-state index contributed by atoms with van der Waals surface area (Å²) < 4.78 is 1.73. The first kappa shape index (κ1) is 20.2. The summed E-state index contributed by atoms with van der Waals surface area (Å²) in [6.07, 6.45) is 1.84. The van der Waals surface area contributed by atoms with Crippen molar-refractivity contribution in [1.29, 1.82) is 0 Å². The van der Waals surface area contributed by atoms with Gasteiger partial charge in [0.1, 0.15) is 5.69 Å². The van der Waals surface area contributed by atoms with Crippen LogP contribution in [-0.4, -0.2) is 33.7 Å². The highest BCUT2D eigenvalue weighted by atomic mass is 35.5. The fourth-order valence-electron chi connectivity index (χ4n) is 3.23. The molecule has 0 unspecified atom stereocenters. The van der Waals surface area contributed by atoms with Gasteiger partial charge in [-0.3, -0.25) is 4.79 Å². The van der Waals surface area contributed by atoms with Crippen LogP contribution in [0.3, 0.4) is 0 Å². The molecule has 4 nitrogen and oxygen atoms in total. The molecular weight excluding hydrogens is 370 g/mol. The van der Waals surface area contributed by atoms with Crippen molar-refractivity contribution in [2.45, 2.75) is 33.6 Å². The van der Waals surface area contributed by atoms with Gasteiger partial charge < -0.3 is 4.90 Å². The molecule has 1 aromatic heterocycles. The molecule has 0 aliphatic heterocycles. The zero-order valence-corrected chi connectivity index (χ0v) is 17.4. The van der Waals surface area contributed by atoms with Crippen LogP contribution >= 0.6 is 11.6 Å². The second kappa shape index (κ2) is 9.07. The van der Waals surface area contributed by atoms with E-state index in [1.165, 1.54) is 0 Å². The lowest BCUT2D eigenvalue weighted by molar-refractivity contribution is 0.0746. The molecule has 0 spiro atoms. The van der Waals surface area contributed by atoms with Crippen LogP contribution in [0.4, 0.5) is 0 Å². The van der Waals surface area contributed by atoms with E-state index in [-0.39, 0.29) is 5.91 Å². The Balaban J connectivity index is 2.12. The molecule has 0 radical (unpaired) electrons. The number of hydrogen-bond acceptors (Lipinski definition) is 2. The average Bonchev–Trinajstić information content (AvgIpc) is 3.13. The molecule has 0 N–H and O–H groups in total. The van der Waals surface area contributed by atoms with E-state index in [1.54, 1.807) is 4.68 Å². The minimum Gasteiger partial charge on any atom is -0.337 e. The largest absolute Gasteiger partial charge is 0.337 e. The van der Waals surface area contributed by atoms with Crippen LogP contribution in [-0.2, 0) is 0 Å². The maximum absolute atomic E-state index is 13.3. The maximum atomic E-state index is 13.3. The Labute approximate surface area is 171 Å². The van der Waals surface area contributed by atoms with E-state index in [0.29, 0.717) is 16.4 Å². The van der Waals surface area contributed by atoms with Gasteiger partial charge in [0.2, 0.25) is 0 Å². The quantitative estimate of drug-likeness (QED) is 0.509. The first-order valence-corrected chi connectivity index (χ1v) is 10.1. The van der Waals surface area contributed by atoms with Crippen molar-refractivity contribution in [3.63, 3.8) is 0 Å². The number of benzene rings is 2. The van der Waals surface area contributed by atoms with Crippen LogP contribution in [0.25, 0.3) is 16.9 Å². The first-order chi connectivity index (χ1) is 13.5. The van der Waals surface area contributed by atoms with E-state index >= 15 is 0 Å². The number of nitrogens with zero attached hydrogens (tertiary/aromatic N) is 3. The minimum atomic E-state index is -0.00456. The average molecular weight is 396 g/mol. The molecule has 0 saturated carbocycles. The lowest BCUT2D eigenvalue weighted by atomic mass is 10.1. The highest BCUT2D eigenvalue weighted by Crippen LogP contribution is 2.28. The fraction of sp³-hybridized carbons (Fsp3) is 0.304. The summed E-state index contributed by atoms with van der Waals surface area (Å²) in [7, 11) is 0. The number of carbonyl (C=O) groups excluding carboxylic acids is 1. The SMILES string of the molecule is CCCN(CCC)C(=O)c1cc(-c2ccccc2Cl)nn1-c1ccc(C)cc1. The summed E-state index contributed by atoms with van der Waals surface area (Å²) in [4.78, 5) is 15.2. The van der Waals surface area contributed by atoms with Crippen molar-refractivity contribution in [2.24, 2.45) is 0 Å². The molecule has 0 fully saturated rings. The number of aryl methyl sites for hydroxylation is 1. The van der Waals surface area contributed by atoms with Crippen LogP contribution in [0, 0.1) is 6.92 Å². The fourth-order valence-corrected chi connectivity index (χ4v) is 3.47. The maximum Gasteiger partial charge on any atom is 0.272 e. The summed E-state index contributed by atoms with van der Waals surface area (Å²) in [5.41, 5.74) is 4.10. The summed E-state index contributed by atoms with van der Waals surface area (Å²) >= 11 is 6.38. The molecule has 0 atom stereocenters. The van der Waals surface area contributed by atoms with Gasteiger partial charge in [-0.05, 0) is 44.0 Å². The molecule has 5 heteroatoms. The van der Waals surface area contributed by atoms with E-state index in [4.69, 9.17) is 16.7 Å². The van der Waals surface area contributed by atoms with Crippen LogP contribution in [0.1, 0.15) is 42.7 Å². The highest BCUT2D eigenvalue weighted by Gasteiger charge is 2.22. The molecule has 28 heavy (non-hydrogen) atoms. The van der Waals surface area contributed by atoms with Crippen LogP contribution < -0.4 is 0 Å². The molecular formula is C23H26ClN3O. The second-order valence-electron chi connectivity index (χ2n) is 6.93. The van der Waals surface area contributed by atoms with Gasteiger partial charge >= 0.3 is 0 Å². The van der Waals surface area contributed by atoms with Crippen molar-refractivity contribution < 1.29 is 4.79 Å². The predicted molar refractivity (Wildman–Crippen MR) is 115 cm³/mol. The van der Waals surface area contributed by atoms with Gasteiger partial charge in [-0.15, -0.1) is 0 Å². The van der Waals surface area contributed by atoms with E-state index in [0.717, 1.165) is 42.7 Å². The molecule has 0 aliphatic carbocycles. The Hall–Kier alpha value is -2.59. The zero-order chi connectivity index (χ0) is 20.1. The number of carbonyl (C=O) groups is 1. The van der Waals surface area contributed by atoms with Gasteiger partial charge in [-0.2, -0.15) is 5.10 Å². The van der Waals surface area contributed by atoms with Crippen LogP contribution in [0.2, 0.25) is 5.02 Å². The number of aromatic nitrogens is 2. The van der Waals surface area contributed by atoms with Gasteiger partial charge in [0.25, 0.3) is 5.91 Å². The second-order valence-corrected chi connectivity index (χ2v) is 7.34. The first-order valence-electron chi connectivity index (χ1n) is 9.76. The summed E-state index contributed by atoms with van der Waals surface area (Å²) in [6.45, 7) is 7.67. The molecule has 0 saturated heterocycles. The third kappa shape index (κ3) is 4.28. The third-order valence-corrected chi connectivity index (χ3v) is 4.96. The van der Waals surface area contributed by atoms with E-state index < -0.39 is 0 Å². The number of halogens is 1. The van der Waals surface area contributed by atoms with Crippen molar-refractivity contribution in [3.8, 4) is 16.9 Å². The van der Waals surface area contributed by atoms with Crippen molar-refractivity contribution in [2.75, 3.05) is 13.1 Å². The smallest absolute Gasteiger partial charge is 0.272 e. The summed E-state index contributed by atoms with van der Waals surface area (Å²) in [5.74, 6) is -0.00456. The Morgan fingerprint density at radius 3 is 2.29 bits per heavy atom. The van der Waals surface area contributed by atoms with Gasteiger partial charge in [0.15, 0.2) is 0 Å². The van der Waals surface area contributed by atoms with Gasteiger partial charge in [-0.25, -0.2) is 4.68 Å². The topological polar surface area (TPSA) is 38.1 Å². The molecule has 3 rings (SSSR count). The lowest BCUT2D eigenvalue weighted by Gasteiger charge is -2.21. The summed E-state index contributed by atoms with van der Waals surface area (Å²) in [5, 5.41) is 5.37. The Kier molecular flexibility index (Phi) is 6.53. The summed E-state index contributed by atoms with van der Waals surface area (Å²) in [6, 6.07) is 17.4. The van der Waals surface area contributed by atoms with Crippen molar-refractivity contribution in [1.82, 2.24) is 14.7 Å². The Morgan fingerprint density at radius 1 is 1.04 bits per heavy atom.